The molecule has 28 heavy (non-hydrogen) atoms. The molecular weight excluding hydrogens is 364 g/mol. The Morgan fingerprint density at radius 2 is 0.929 bits per heavy atom. The quantitative estimate of drug-likeness (QED) is 0.472. The average Bonchev–Trinajstić information content (AvgIpc) is 2.63. The first-order chi connectivity index (χ1) is 13.3. The topological polar surface area (TPSA) is 145 Å². The van der Waals surface area contributed by atoms with Crippen molar-refractivity contribution in [2.45, 2.75) is 0 Å². The zero-order chi connectivity index (χ0) is 20.3. The second-order valence-corrected chi connectivity index (χ2v) is 5.78. The maximum absolute atomic E-state index is 11.0. The lowest BCUT2D eigenvalue weighted by Gasteiger charge is -2.10. The van der Waals surface area contributed by atoms with Gasteiger partial charge in [-0.15, -0.1) is 0 Å². The van der Waals surface area contributed by atoms with Gasteiger partial charge in [0.25, 0.3) is 0 Å². The van der Waals surface area contributed by atoms with E-state index in [-0.39, 0.29) is 22.5 Å². The van der Waals surface area contributed by atoms with Gasteiger partial charge in [0.05, 0.1) is 11.1 Å². The number of hydrogen-bond donors (Lipinski definition) is 4. The van der Waals surface area contributed by atoms with E-state index in [0.29, 0.717) is 23.0 Å². The summed E-state index contributed by atoms with van der Waals surface area (Å²) in [4.78, 5) is 22.0. The molecule has 142 valence electrons. The van der Waals surface area contributed by atoms with Crippen molar-refractivity contribution in [3.63, 3.8) is 0 Å². The number of ether oxygens (including phenoxy) is 2. The molecule has 0 aliphatic rings. The van der Waals surface area contributed by atoms with Crippen LogP contribution in [0.25, 0.3) is 0 Å². The van der Waals surface area contributed by atoms with E-state index in [9.17, 15) is 9.59 Å². The largest absolute Gasteiger partial charge is 0.478 e. The van der Waals surface area contributed by atoms with Crippen LogP contribution in [0, 0.1) is 0 Å². The molecule has 0 heterocycles. The van der Waals surface area contributed by atoms with Crippen LogP contribution in [-0.4, -0.2) is 22.2 Å². The summed E-state index contributed by atoms with van der Waals surface area (Å²) in [5.41, 5.74) is 11.6. The van der Waals surface area contributed by atoms with E-state index in [4.69, 9.17) is 31.2 Å². The van der Waals surface area contributed by atoms with Crippen molar-refractivity contribution in [1.29, 1.82) is 0 Å². The van der Waals surface area contributed by atoms with E-state index in [1.807, 2.05) is 0 Å². The molecule has 0 atom stereocenters. The molecule has 0 aliphatic carbocycles. The monoisotopic (exact) mass is 380 g/mol. The average molecular weight is 380 g/mol. The summed E-state index contributed by atoms with van der Waals surface area (Å²) in [5, 5.41) is 18.0. The lowest BCUT2D eigenvalue weighted by Crippen LogP contribution is -2.02. The number of anilines is 2. The van der Waals surface area contributed by atoms with Crippen LogP contribution in [0.1, 0.15) is 20.7 Å². The fourth-order valence-corrected chi connectivity index (χ4v) is 2.45. The number of aromatic carboxylic acids is 2. The van der Waals surface area contributed by atoms with Crippen molar-refractivity contribution < 1.29 is 29.3 Å². The minimum absolute atomic E-state index is 0.00397. The zero-order valence-corrected chi connectivity index (χ0v) is 14.5. The zero-order valence-electron chi connectivity index (χ0n) is 14.5. The molecule has 0 saturated heterocycles. The van der Waals surface area contributed by atoms with E-state index in [2.05, 4.69) is 0 Å². The van der Waals surface area contributed by atoms with Crippen LogP contribution in [-0.2, 0) is 0 Å². The van der Waals surface area contributed by atoms with Crippen molar-refractivity contribution in [3.05, 3.63) is 71.8 Å². The number of carboxylic acid groups (broad SMARTS) is 2. The van der Waals surface area contributed by atoms with Gasteiger partial charge >= 0.3 is 11.9 Å². The number of benzene rings is 3. The van der Waals surface area contributed by atoms with Crippen molar-refractivity contribution in [3.8, 4) is 23.0 Å². The van der Waals surface area contributed by atoms with Crippen LogP contribution in [0.5, 0.6) is 23.0 Å². The molecule has 0 amide bonds. The fraction of sp³-hybridized carbons (Fsp3) is 0. The van der Waals surface area contributed by atoms with Crippen LogP contribution < -0.4 is 20.9 Å². The molecule has 0 fully saturated rings. The summed E-state index contributed by atoms with van der Waals surface area (Å²) in [6.45, 7) is 0. The highest BCUT2D eigenvalue weighted by Gasteiger charge is 2.10. The molecule has 3 aromatic rings. The maximum atomic E-state index is 11.0. The third-order valence-electron chi connectivity index (χ3n) is 3.80. The highest BCUT2D eigenvalue weighted by Crippen LogP contribution is 2.29. The molecule has 3 aromatic carbocycles. The van der Waals surface area contributed by atoms with Gasteiger partial charge in [-0.1, -0.05) is 0 Å². The Labute approximate surface area is 159 Å². The first-order valence-corrected chi connectivity index (χ1v) is 8.05. The SMILES string of the molecule is Nc1cc(Oc2ccc(Oc3ccc(C(=O)O)c(N)c3)cc2)ccc1C(=O)O. The highest BCUT2D eigenvalue weighted by molar-refractivity contribution is 5.94. The molecule has 0 radical (unpaired) electrons. The summed E-state index contributed by atoms with van der Waals surface area (Å²) in [6.07, 6.45) is 0. The van der Waals surface area contributed by atoms with Gasteiger partial charge in [0.1, 0.15) is 23.0 Å². The molecule has 8 heteroatoms. The van der Waals surface area contributed by atoms with Crippen LogP contribution in [0.4, 0.5) is 11.4 Å². The highest BCUT2D eigenvalue weighted by atomic mass is 16.5. The van der Waals surface area contributed by atoms with Crippen molar-refractivity contribution in [2.75, 3.05) is 11.5 Å². The standard InChI is InChI=1S/C20H16N2O6/c21-17-9-13(5-7-15(17)19(23)24)27-11-1-2-12(4-3-11)28-14-6-8-16(20(25)26)18(22)10-14/h1-10H,21-22H2,(H,23,24)(H,25,26). The molecule has 0 saturated carbocycles. The lowest BCUT2D eigenvalue weighted by atomic mass is 10.2. The number of nitrogens with two attached hydrogens (primary N) is 2. The van der Waals surface area contributed by atoms with Crippen LogP contribution in [0.2, 0.25) is 0 Å². The fourth-order valence-electron chi connectivity index (χ4n) is 2.45. The van der Waals surface area contributed by atoms with Gasteiger partial charge in [-0.05, 0) is 48.5 Å². The Balaban J connectivity index is 1.70. The Hall–Kier alpha value is -4.20. The van der Waals surface area contributed by atoms with E-state index in [1.54, 1.807) is 24.3 Å². The Morgan fingerprint density at radius 1 is 0.607 bits per heavy atom. The Bertz CT molecular complexity index is 963. The Kier molecular flexibility index (Phi) is 5.03. The van der Waals surface area contributed by atoms with Gasteiger partial charge in [0.15, 0.2) is 0 Å². The van der Waals surface area contributed by atoms with E-state index in [1.165, 1.54) is 36.4 Å². The summed E-state index contributed by atoms with van der Waals surface area (Å²) >= 11 is 0. The molecule has 6 N–H and O–H groups in total. The number of nitrogen functional groups attached to an aromatic ring is 2. The predicted molar refractivity (Wildman–Crippen MR) is 102 cm³/mol. The molecule has 0 bridgehead atoms. The van der Waals surface area contributed by atoms with Gasteiger partial charge in [-0.2, -0.15) is 0 Å². The maximum Gasteiger partial charge on any atom is 0.337 e. The lowest BCUT2D eigenvalue weighted by molar-refractivity contribution is 0.0687. The van der Waals surface area contributed by atoms with Gasteiger partial charge < -0.3 is 31.2 Å². The van der Waals surface area contributed by atoms with Gasteiger partial charge in [0.2, 0.25) is 0 Å². The predicted octanol–water partition coefficient (Wildman–Crippen LogP) is 3.83. The first-order valence-electron chi connectivity index (χ1n) is 8.05. The molecule has 0 aromatic heterocycles. The third kappa shape index (κ3) is 4.13. The molecule has 8 nitrogen and oxygen atoms in total. The minimum atomic E-state index is -1.11. The summed E-state index contributed by atoms with van der Waals surface area (Å²) in [7, 11) is 0. The Morgan fingerprint density at radius 3 is 1.21 bits per heavy atom. The molecular formula is C20H16N2O6. The summed E-state index contributed by atoms with van der Waals surface area (Å²) in [6, 6.07) is 15.3. The molecule has 0 unspecified atom stereocenters. The van der Waals surface area contributed by atoms with E-state index < -0.39 is 11.9 Å². The molecule has 3 rings (SSSR count). The van der Waals surface area contributed by atoms with Crippen molar-refractivity contribution >= 4 is 23.3 Å². The van der Waals surface area contributed by atoms with Crippen LogP contribution in [0.15, 0.2) is 60.7 Å². The number of carboxylic acids is 2. The summed E-state index contributed by atoms with van der Waals surface area (Å²) < 4.78 is 11.3. The normalized spacial score (nSPS) is 10.3. The molecule has 0 spiro atoms. The smallest absolute Gasteiger partial charge is 0.337 e. The second-order valence-electron chi connectivity index (χ2n) is 5.78. The van der Waals surface area contributed by atoms with Gasteiger partial charge in [0, 0.05) is 23.5 Å². The van der Waals surface area contributed by atoms with Gasteiger partial charge in [-0.3, -0.25) is 0 Å². The van der Waals surface area contributed by atoms with Crippen LogP contribution >= 0.6 is 0 Å². The van der Waals surface area contributed by atoms with Crippen molar-refractivity contribution in [2.24, 2.45) is 0 Å². The molecule has 0 aliphatic heterocycles. The van der Waals surface area contributed by atoms with Crippen molar-refractivity contribution in [1.82, 2.24) is 0 Å². The van der Waals surface area contributed by atoms with E-state index in [0.717, 1.165) is 0 Å². The summed E-state index contributed by atoms with van der Waals surface area (Å²) in [5.74, 6) is -0.433. The number of carbonyl (C=O) groups is 2. The third-order valence-corrected chi connectivity index (χ3v) is 3.80. The minimum Gasteiger partial charge on any atom is -0.478 e. The van der Waals surface area contributed by atoms with Gasteiger partial charge in [-0.25, -0.2) is 9.59 Å². The number of hydrogen-bond acceptors (Lipinski definition) is 6. The first kappa shape index (κ1) is 18.6. The van der Waals surface area contributed by atoms with Crippen LogP contribution in [0.3, 0.4) is 0 Å². The van der Waals surface area contributed by atoms with E-state index >= 15 is 0 Å². The second kappa shape index (κ2) is 7.58. The number of rotatable bonds is 6.